The molecule has 4 heteroatoms. The SMILES string of the molecule is CCCNCC1CCCN1Cc1cccc(F)c1F. The van der Waals surface area contributed by atoms with Gasteiger partial charge in [0.15, 0.2) is 11.6 Å². The van der Waals surface area contributed by atoms with Gasteiger partial charge in [0, 0.05) is 24.7 Å². The highest BCUT2D eigenvalue weighted by atomic mass is 19.2. The summed E-state index contributed by atoms with van der Waals surface area (Å²) in [7, 11) is 0. The normalized spacial score (nSPS) is 20.1. The molecule has 1 N–H and O–H groups in total. The molecule has 0 saturated carbocycles. The van der Waals surface area contributed by atoms with Crippen LogP contribution in [0.5, 0.6) is 0 Å². The van der Waals surface area contributed by atoms with E-state index in [2.05, 4.69) is 17.1 Å². The Labute approximate surface area is 113 Å². The maximum atomic E-state index is 13.7. The van der Waals surface area contributed by atoms with Crippen LogP contribution >= 0.6 is 0 Å². The topological polar surface area (TPSA) is 15.3 Å². The fraction of sp³-hybridized carbons (Fsp3) is 0.600. The monoisotopic (exact) mass is 268 g/mol. The van der Waals surface area contributed by atoms with Gasteiger partial charge >= 0.3 is 0 Å². The highest BCUT2D eigenvalue weighted by molar-refractivity contribution is 5.19. The van der Waals surface area contributed by atoms with E-state index in [9.17, 15) is 8.78 Å². The highest BCUT2D eigenvalue weighted by Crippen LogP contribution is 2.21. The van der Waals surface area contributed by atoms with Crippen molar-refractivity contribution in [2.45, 2.75) is 38.8 Å². The van der Waals surface area contributed by atoms with E-state index < -0.39 is 11.6 Å². The quantitative estimate of drug-likeness (QED) is 0.798. The Hall–Kier alpha value is -1.00. The van der Waals surface area contributed by atoms with Crippen molar-refractivity contribution in [1.29, 1.82) is 0 Å². The molecule has 0 bridgehead atoms. The molecule has 1 aliphatic rings. The molecule has 1 aromatic rings. The van der Waals surface area contributed by atoms with E-state index in [0.29, 0.717) is 18.2 Å². The molecule has 2 rings (SSSR count). The Morgan fingerprint density at radius 2 is 2.21 bits per heavy atom. The zero-order chi connectivity index (χ0) is 13.7. The van der Waals surface area contributed by atoms with Crippen LogP contribution in [-0.2, 0) is 6.54 Å². The van der Waals surface area contributed by atoms with Crippen molar-refractivity contribution in [1.82, 2.24) is 10.2 Å². The molecule has 2 nitrogen and oxygen atoms in total. The third-order valence-corrected chi connectivity index (χ3v) is 3.71. The minimum absolute atomic E-state index is 0.439. The second kappa shape index (κ2) is 6.96. The average Bonchev–Trinajstić information content (AvgIpc) is 2.83. The molecule has 1 heterocycles. The van der Waals surface area contributed by atoms with Gasteiger partial charge < -0.3 is 5.32 Å². The first-order valence-electron chi connectivity index (χ1n) is 7.10. The second-order valence-corrected chi connectivity index (χ2v) is 5.18. The van der Waals surface area contributed by atoms with Crippen LogP contribution in [0.4, 0.5) is 8.78 Å². The van der Waals surface area contributed by atoms with Crippen molar-refractivity contribution in [2.75, 3.05) is 19.6 Å². The largest absolute Gasteiger partial charge is 0.315 e. The van der Waals surface area contributed by atoms with E-state index >= 15 is 0 Å². The molecule has 1 atom stereocenters. The summed E-state index contributed by atoms with van der Waals surface area (Å²) in [4.78, 5) is 2.25. The molecule has 0 spiro atoms. The lowest BCUT2D eigenvalue weighted by Crippen LogP contribution is -2.38. The summed E-state index contributed by atoms with van der Waals surface area (Å²) in [6, 6.07) is 4.86. The van der Waals surface area contributed by atoms with Crippen molar-refractivity contribution >= 4 is 0 Å². The summed E-state index contributed by atoms with van der Waals surface area (Å²) in [6.45, 7) is 5.56. The Morgan fingerprint density at radius 1 is 1.37 bits per heavy atom. The second-order valence-electron chi connectivity index (χ2n) is 5.18. The molecule has 19 heavy (non-hydrogen) atoms. The van der Waals surface area contributed by atoms with Crippen LogP contribution in [0.3, 0.4) is 0 Å². The van der Waals surface area contributed by atoms with Crippen molar-refractivity contribution in [3.05, 3.63) is 35.4 Å². The molecular formula is C15H22F2N2. The van der Waals surface area contributed by atoms with Gasteiger partial charge in [0.2, 0.25) is 0 Å². The van der Waals surface area contributed by atoms with E-state index in [4.69, 9.17) is 0 Å². The smallest absolute Gasteiger partial charge is 0.163 e. The average molecular weight is 268 g/mol. The van der Waals surface area contributed by atoms with Crippen molar-refractivity contribution in [3.8, 4) is 0 Å². The van der Waals surface area contributed by atoms with Gasteiger partial charge in [0.25, 0.3) is 0 Å². The summed E-state index contributed by atoms with van der Waals surface area (Å²) in [5.41, 5.74) is 0.461. The van der Waals surface area contributed by atoms with Crippen molar-refractivity contribution in [3.63, 3.8) is 0 Å². The minimum atomic E-state index is -0.752. The third kappa shape index (κ3) is 3.74. The number of hydrogen-bond donors (Lipinski definition) is 1. The summed E-state index contributed by atoms with van der Waals surface area (Å²) in [5.74, 6) is -1.45. The zero-order valence-electron chi connectivity index (χ0n) is 11.5. The summed E-state index contributed by atoms with van der Waals surface area (Å²) >= 11 is 0. The summed E-state index contributed by atoms with van der Waals surface area (Å²) < 4.78 is 26.9. The number of benzene rings is 1. The maximum absolute atomic E-state index is 13.7. The lowest BCUT2D eigenvalue weighted by Gasteiger charge is -2.25. The molecule has 0 radical (unpaired) electrons. The van der Waals surface area contributed by atoms with E-state index in [-0.39, 0.29) is 0 Å². The van der Waals surface area contributed by atoms with Crippen LogP contribution in [0.15, 0.2) is 18.2 Å². The maximum Gasteiger partial charge on any atom is 0.163 e. The summed E-state index contributed by atoms with van der Waals surface area (Å²) in [5, 5.41) is 3.41. The van der Waals surface area contributed by atoms with E-state index in [1.54, 1.807) is 12.1 Å². The Bertz CT molecular complexity index is 409. The molecule has 1 unspecified atom stereocenters. The molecule has 1 aliphatic heterocycles. The van der Waals surface area contributed by atoms with Crippen LogP contribution in [-0.4, -0.2) is 30.6 Å². The van der Waals surface area contributed by atoms with Crippen molar-refractivity contribution < 1.29 is 8.78 Å². The van der Waals surface area contributed by atoms with Gasteiger partial charge in [0.1, 0.15) is 0 Å². The van der Waals surface area contributed by atoms with E-state index in [0.717, 1.165) is 38.9 Å². The molecule has 0 aromatic heterocycles. The van der Waals surface area contributed by atoms with E-state index in [1.807, 2.05) is 0 Å². The number of nitrogens with zero attached hydrogens (tertiary/aromatic N) is 1. The Kier molecular flexibility index (Phi) is 5.28. The first-order chi connectivity index (χ1) is 9.22. The number of hydrogen-bond acceptors (Lipinski definition) is 2. The van der Waals surface area contributed by atoms with Crippen molar-refractivity contribution in [2.24, 2.45) is 0 Å². The Morgan fingerprint density at radius 3 is 3.00 bits per heavy atom. The fourth-order valence-electron chi connectivity index (χ4n) is 2.67. The number of nitrogens with one attached hydrogen (secondary N) is 1. The molecular weight excluding hydrogens is 246 g/mol. The van der Waals surface area contributed by atoms with Crippen LogP contribution in [0.2, 0.25) is 0 Å². The standard InChI is InChI=1S/C15H22F2N2/c1-2-8-18-10-13-6-4-9-19(13)11-12-5-3-7-14(16)15(12)17/h3,5,7,13,18H,2,4,6,8-11H2,1H3. The molecule has 1 fully saturated rings. The van der Waals surface area contributed by atoms with Crippen LogP contribution < -0.4 is 5.32 Å². The number of likely N-dealkylation sites (tertiary alicyclic amines) is 1. The lowest BCUT2D eigenvalue weighted by atomic mass is 10.1. The van der Waals surface area contributed by atoms with Gasteiger partial charge in [-0.05, 0) is 38.4 Å². The van der Waals surface area contributed by atoms with Gasteiger partial charge in [0.05, 0.1) is 0 Å². The van der Waals surface area contributed by atoms with Crippen LogP contribution in [0, 0.1) is 11.6 Å². The van der Waals surface area contributed by atoms with Gasteiger partial charge in [-0.3, -0.25) is 4.90 Å². The van der Waals surface area contributed by atoms with Gasteiger partial charge in [-0.1, -0.05) is 19.1 Å². The van der Waals surface area contributed by atoms with Gasteiger partial charge in [-0.2, -0.15) is 0 Å². The van der Waals surface area contributed by atoms with E-state index in [1.165, 1.54) is 6.07 Å². The number of rotatable bonds is 6. The highest BCUT2D eigenvalue weighted by Gasteiger charge is 2.25. The minimum Gasteiger partial charge on any atom is -0.315 e. The third-order valence-electron chi connectivity index (χ3n) is 3.71. The summed E-state index contributed by atoms with van der Waals surface area (Å²) in [6.07, 6.45) is 3.38. The van der Waals surface area contributed by atoms with Gasteiger partial charge in [-0.15, -0.1) is 0 Å². The molecule has 106 valence electrons. The predicted molar refractivity (Wildman–Crippen MR) is 73.0 cm³/mol. The van der Waals surface area contributed by atoms with Crippen LogP contribution in [0.1, 0.15) is 31.7 Å². The lowest BCUT2D eigenvalue weighted by molar-refractivity contribution is 0.235. The van der Waals surface area contributed by atoms with Gasteiger partial charge in [-0.25, -0.2) is 8.78 Å². The van der Waals surface area contributed by atoms with Crippen LogP contribution in [0.25, 0.3) is 0 Å². The molecule has 1 aromatic carbocycles. The first kappa shape index (κ1) is 14.4. The molecule has 0 amide bonds. The molecule has 0 aliphatic carbocycles. The molecule has 1 saturated heterocycles. The zero-order valence-corrected chi connectivity index (χ0v) is 11.5. The number of halogens is 2. The Balaban J connectivity index is 1.95. The predicted octanol–water partition coefficient (Wildman–Crippen LogP) is 2.93. The first-order valence-corrected chi connectivity index (χ1v) is 7.10. The fourth-order valence-corrected chi connectivity index (χ4v) is 2.67.